The summed E-state index contributed by atoms with van der Waals surface area (Å²) >= 11 is 0. The molecule has 0 aliphatic carbocycles. The van der Waals surface area contributed by atoms with Crippen molar-refractivity contribution in [2.24, 2.45) is 5.92 Å². The van der Waals surface area contributed by atoms with Crippen LogP contribution in [0.25, 0.3) is 0 Å². The molecule has 1 aromatic heterocycles. The third kappa shape index (κ3) is 6.99. The summed E-state index contributed by atoms with van der Waals surface area (Å²) in [7, 11) is 1.46. The van der Waals surface area contributed by atoms with Crippen LogP contribution in [0, 0.1) is 5.92 Å². The van der Waals surface area contributed by atoms with E-state index < -0.39 is 11.5 Å². The number of piperidine rings is 1. The fourth-order valence-electron chi connectivity index (χ4n) is 4.27. The van der Waals surface area contributed by atoms with E-state index in [-0.39, 0.29) is 30.3 Å². The summed E-state index contributed by atoms with van der Waals surface area (Å²) in [6.07, 6.45) is 5.51. The monoisotopic (exact) mass is 456 g/mol. The minimum absolute atomic E-state index is 0.0545. The zero-order chi connectivity index (χ0) is 23.6. The SMILES string of the molecule is CNC(=O)c1cc(C(=O)NCCCC2CCN(CCF)CC2)cn(Cc2ccccc2)c1=O. The van der Waals surface area contributed by atoms with Gasteiger partial charge in [-0.3, -0.25) is 14.4 Å². The number of likely N-dealkylation sites (tertiary alicyclic amines) is 1. The molecule has 1 aliphatic heterocycles. The Morgan fingerprint density at radius 2 is 1.85 bits per heavy atom. The molecule has 178 valence electrons. The van der Waals surface area contributed by atoms with Crippen molar-refractivity contribution in [3.63, 3.8) is 0 Å². The molecule has 0 unspecified atom stereocenters. The molecule has 0 saturated carbocycles. The zero-order valence-electron chi connectivity index (χ0n) is 19.2. The van der Waals surface area contributed by atoms with E-state index in [4.69, 9.17) is 0 Å². The van der Waals surface area contributed by atoms with Crippen LogP contribution in [0.3, 0.4) is 0 Å². The van der Waals surface area contributed by atoms with Gasteiger partial charge in [0.05, 0.1) is 12.1 Å². The number of carbonyl (C=O) groups excluding carboxylic acids is 2. The molecular weight excluding hydrogens is 423 g/mol. The molecule has 33 heavy (non-hydrogen) atoms. The predicted octanol–water partition coefficient (Wildman–Crippen LogP) is 2.45. The highest BCUT2D eigenvalue weighted by Gasteiger charge is 2.19. The van der Waals surface area contributed by atoms with Crippen molar-refractivity contribution in [2.75, 3.05) is 39.9 Å². The second-order valence-electron chi connectivity index (χ2n) is 8.51. The molecule has 7 nitrogen and oxygen atoms in total. The smallest absolute Gasteiger partial charge is 0.263 e. The van der Waals surface area contributed by atoms with Gasteiger partial charge < -0.3 is 20.1 Å². The van der Waals surface area contributed by atoms with E-state index in [0.717, 1.165) is 44.3 Å². The number of benzene rings is 1. The van der Waals surface area contributed by atoms with Crippen LogP contribution < -0.4 is 16.2 Å². The van der Waals surface area contributed by atoms with Crippen LogP contribution in [-0.2, 0) is 6.54 Å². The molecule has 0 bridgehead atoms. The van der Waals surface area contributed by atoms with Crippen molar-refractivity contribution in [1.82, 2.24) is 20.1 Å². The summed E-state index contributed by atoms with van der Waals surface area (Å²) in [5.74, 6) is -0.222. The summed E-state index contributed by atoms with van der Waals surface area (Å²) in [4.78, 5) is 40.0. The Bertz CT molecular complexity index is 985. The van der Waals surface area contributed by atoms with Gasteiger partial charge >= 0.3 is 0 Å². The van der Waals surface area contributed by atoms with E-state index in [9.17, 15) is 18.8 Å². The fourth-order valence-corrected chi connectivity index (χ4v) is 4.27. The molecule has 1 aromatic carbocycles. The minimum Gasteiger partial charge on any atom is -0.355 e. The van der Waals surface area contributed by atoms with Gasteiger partial charge in [-0.15, -0.1) is 0 Å². The van der Waals surface area contributed by atoms with Gasteiger partial charge in [0.1, 0.15) is 12.2 Å². The van der Waals surface area contributed by atoms with Crippen molar-refractivity contribution >= 4 is 11.8 Å². The normalized spacial score (nSPS) is 14.7. The Labute approximate surface area is 194 Å². The number of rotatable bonds is 10. The summed E-state index contributed by atoms with van der Waals surface area (Å²) < 4.78 is 13.9. The van der Waals surface area contributed by atoms with E-state index in [0.29, 0.717) is 19.0 Å². The molecule has 8 heteroatoms. The Morgan fingerprint density at radius 3 is 2.52 bits per heavy atom. The highest BCUT2D eigenvalue weighted by atomic mass is 19.1. The second kappa shape index (κ2) is 12.3. The van der Waals surface area contributed by atoms with Crippen LogP contribution in [0.1, 0.15) is 52.0 Å². The number of aromatic nitrogens is 1. The van der Waals surface area contributed by atoms with E-state index in [1.54, 1.807) is 0 Å². The van der Waals surface area contributed by atoms with Gasteiger partial charge in [-0.2, -0.15) is 0 Å². The molecule has 1 aliphatic rings. The summed E-state index contributed by atoms with van der Waals surface area (Å²) in [5, 5.41) is 5.39. The van der Waals surface area contributed by atoms with Crippen molar-refractivity contribution < 1.29 is 14.0 Å². The molecular formula is C25H33FN4O3. The Balaban J connectivity index is 1.60. The fraction of sp³-hybridized carbons (Fsp3) is 0.480. The van der Waals surface area contributed by atoms with Gasteiger partial charge in [-0.1, -0.05) is 30.3 Å². The lowest BCUT2D eigenvalue weighted by molar-refractivity contribution is 0.0950. The van der Waals surface area contributed by atoms with Crippen molar-refractivity contribution in [2.45, 2.75) is 32.2 Å². The van der Waals surface area contributed by atoms with E-state index in [1.165, 1.54) is 23.9 Å². The maximum absolute atomic E-state index is 12.8. The number of hydrogen-bond donors (Lipinski definition) is 2. The highest BCUT2D eigenvalue weighted by Crippen LogP contribution is 2.21. The molecule has 1 fully saturated rings. The van der Waals surface area contributed by atoms with E-state index in [2.05, 4.69) is 15.5 Å². The predicted molar refractivity (Wildman–Crippen MR) is 126 cm³/mol. The molecule has 2 amide bonds. The summed E-state index contributed by atoms with van der Waals surface area (Å²) in [6, 6.07) is 10.8. The van der Waals surface area contributed by atoms with E-state index in [1.807, 2.05) is 30.3 Å². The van der Waals surface area contributed by atoms with Gasteiger partial charge in [-0.05, 0) is 56.3 Å². The van der Waals surface area contributed by atoms with Crippen LogP contribution in [0.4, 0.5) is 4.39 Å². The third-order valence-corrected chi connectivity index (χ3v) is 6.20. The number of pyridine rings is 1. The van der Waals surface area contributed by atoms with Crippen LogP contribution >= 0.6 is 0 Å². The second-order valence-corrected chi connectivity index (χ2v) is 8.51. The van der Waals surface area contributed by atoms with Gasteiger partial charge in [0.25, 0.3) is 17.4 Å². The standard InChI is InChI=1S/C25H33FN4O3/c1-27-24(32)22-16-21(18-30(25(22)33)17-20-6-3-2-4-7-20)23(31)28-12-5-8-19-9-13-29(14-10-19)15-11-26/h2-4,6-7,16,18-19H,5,8-15,17H2,1H3,(H,27,32)(H,28,31). The molecule has 1 saturated heterocycles. The van der Waals surface area contributed by atoms with Crippen molar-refractivity contribution in [3.8, 4) is 0 Å². The van der Waals surface area contributed by atoms with Gasteiger partial charge in [0, 0.05) is 26.3 Å². The molecule has 0 spiro atoms. The van der Waals surface area contributed by atoms with Gasteiger partial charge in [-0.25, -0.2) is 4.39 Å². The van der Waals surface area contributed by atoms with Crippen LogP contribution in [-0.4, -0.2) is 61.2 Å². The Kier molecular flexibility index (Phi) is 9.18. The number of nitrogens with zero attached hydrogens (tertiary/aromatic N) is 2. The number of amides is 2. The molecule has 3 rings (SSSR count). The Hall–Kier alpha value is -3.00. The number of hydrogen-bond acceptors (Lipinski definition) is 4. The first-order chi connectivity index (χ1) is 16.0. The van der Waals surface area contributed by atoms with Crippen molar-refractivity contribution in [1.29, 1.82) is 0 Å². The number of carbonyl (C=O) groups is 2. The Morgan fingerprint density at radius 1 is 1.12 bits per heavy atom. The average molecular weight is 457 g/mol. The molecule has 0 atom stereocenters. The molecule has 0 radical (unpaired) electrons. The maximum Gasteiger partial charge on any atom is 0.263 e. The lowest BCUT2D eigenvalue weighted by atomic mass is 9.92. The largest absolute Gasteiger partial charge is 0.355 e. The first kappa shape index (κ1) is 24.6. The number of halogens is 1. The first-order valence-electron chi connectivity index (χ1n) is 11.6. The van der Waals surface area contributed by atoms with Crippen molar-refractivity contribution in [3.05, 3.63) is 69.6 Å². The topological polar surface area (TPSA) is 83.4 Å². The molecule has 2 aromatic rings. The van der Waals surface area contributed by atoms with Crippen LogP contribution in [0.2, 0.25) is 0 Å². The van der Waals surface area contributed by atoms with E-state index >= 15 is 0 Å². The zero-order valence-corrected chi connectivity index (χ0v) is 19.2. The van der Waals surface area contributed by atoms with Crippen LogP contribution in [0.15, 0.2) is 47.4 Å². The lowest BCUT2D eigenvalue weighted by Crippen LogP contribution is -2.35. The third-order valence-electron chi connectivity index (χ3n) is 6.20. The lowest BCUT2D eigenvalue weighted by Gasteiger charge is -2.31. The van der Waals surface area contributed by atoms with Crippen LogP contribution in [0.5, 0.6) is 0 Å². The summed E-state index contributed by atoms with van der Waals surface area (Å²) in [6.45, 7) is 2.89. The quantitative estimate of drug-likeness (QED) is 0.538. The van der Waals surface area contributed by atoms with Gasteiger partial charge in [0.2, 0.25) is 0 Å². The molecule has 2 N–H and O–H groups in total. The molecule has 2 heterocycles. The first-order valence-corrected chi connectivity index (χ1v) is 11.6. The van der Waals surface area contributed by atoms with Gasteiger partial charge in [0.15, 0.2) is 0 Å². The maximum atomic E-state index is 12.8. The number of nitrogens with one attached hydrogen (secondary N) is 2. The minimum atomic E-state index is -0.518. The highest BCUT2D eigenvalue weighted by molar-refractivity contribution is 5.99. The number of alkyl halides is 1. The average Bonchev–Trinajstić information content (AvgIpc) is 2.84. The summed E-state index contributed by atoms with van der Waals surface area (Å²) in [5.41, 5.74) is 0.691.